The largest absolute Gasteiger partial charge is 0.544 e. The summed E-state index contributed by atoms with van der Waals surface area (Å²) in [6, 6.07) is 9.09. The molecule has 2 heterocycles. The predicted octanol–water partition coefficient (Wildman–Crippen LogP) is -0.926. The monoisotopic (exact) mass is 370 g/mol. The molecule has 0 radical (unpaired) electrons. The Morgan fingerprint density at radius 2 is 1.67 bits per heavy atom. The number of imide groups is 1. The van der Waals surface area contributed by atoms with E-state index in [1.54, 1.807) is 18.2 Å². The lowest BCUT2D eigenvalue weighted by molar-refractivity contribution is -0.705. The van der Waals surface area contributed by atoms with Crippen molar-refractivity contribution in [2.75, 3.05) is 4.90 Å². The van der Waals surface area contributed by atoms with Gasteiger partial charge in [0.15, 0.2) is 0 Å². The summed E-state index contributed by atoms with van der Waals surface area (Å²) < 4.78 is 13.2. The van der Waals surface area contributed by atoms with E-state index in [-0.39, 0.29) is 11.4 Å². The summed E-state index contributed by atoms with van der Waals surface area (Å²) >= 11 is 0. The number of anilines is 1. The third kappa shape index (κ3) is 2.57. The van der Waals surface area contributed by atoms with Gasteiger partial charge in [-0.3, -0.25) is 9.59 Å². The number of halogens is 1. The van der Waals surface area contributed by atoms with Crippen LogP contribution in [0.2, 0.25) is 0 Å². The van der Waals surface area contributed by atoms with E-state index in [9.17, 15) is 29.0 Å². The number of rotatable bonds is 3. The SMILES string of the molecule is O=C([O-])[C@@H]1[NH2+][C@@H](c2ccccc2O)[C@@H]2C(=O)N(c3ccc(F)cc3)C(=O)[C@@H]21. The predicted molar refractivity (Wildman–Crippen MR) is 87.4 cm³/mol. The highest BCUT2D eigenvalue weighted by Gasteiger charge is 2.63. The van der Waals surface area contributed by atoms with Gasteiger partial charge in [-0.25, -0.2) is 9.29 Å². The molecule has 138 valence electrons. The van der Waals surface area contributed by atoms with Crippen LogP contribution in [0, 0.1) is 17.7 Å². The number of carboxylic acids is 1. The zero-order valence-electron chi connectivity index (χ0n) is 13.9. The zero-order chi connectivity index (χ0) is 19.3. The van der Waals surface area contributed by atoms with Gasteiger partial charge in [0.2, 0.25) is 11.8 Å². The average molecular weight is 370 g/mol. The van der Waals surface area contributed by atoms with Crippen LogP contribution < -0.4 is 15.3 Å². The van der Waals surface area contributed by atoms with Crippen LogP contribution in [-0.4, -0.2) is 28.9 Å². The van der Waals surface area contributed by atoms with Crippen LogP contribution in [0.4, 0.5) is 10.1 Å². The van der Waals surface area contributed by atoms with Crippen LogP contribution in [0.3, 0.4) is 0 Å². The minimum Gasteiger partial charge on any atom is -0.544 e. The molecule has 0 spiro atoms. The first-order chi connectivity index (χ1) is 12.9. The van der Waals surface area contributed by atoms with Crippen LogP contribution in [-0.2, 0) is 14.4 Å². The van der Waals surface area contributed by atoms with Crippen molar-refractivity contribution >= 4 is 23.5 Å². The molecule has 0 unspecified atom stereocenters. The molecule has 27 heavy (non-hydrogen) atoms. The van der Waals surface area contributed by atoms with Gasteiger partial charge < -0.3 is 20.3 Å². The minimum atomic E-state index is -1.45. The van der Waals surface area contributed by atoms with E-state index >= 15 is 0 Å². The maximum Gasteiger partial charge on any atom is 0.244 e. The standard InChI is InChI=1S/C19H15FN2O5/c20-9-5-7-10(8-6-9)22-17(24)13-14(18(22)25)16(19(26)27)21-15(13)11-3-1-2-4-12(11)23/h1-8,13-16,21,23H,(H,26,27)/t13-,14+,15+,16-/m1/s1. The number of hydrogen-bond acceptors (Lipinski definition) is 5. The Balaban J connectivity index is 1.79. The second-order valence-electron chi connectivity index (χ2n) is 6.66. The number of hydrogen-bond donors (Lipinski definition) is 2. The molecule has 3 N–H and O–H groups in total. The summed E-state index contributed by atoms with van der Waals surface area (Å²) in [6.07, 6.45) is 0. The van der Waals surface area contributed by atoms with E-state index in [0.717, 1.165) is 17.0 Å². The average Bonchev–Trinajstić information content (AvgIpc) is 3.14. The second kappa shape index (κ2) is 6.17. The van der Waals surface area contributed by atoms with Gasteiger partial charge in [0.1, 0.15) is 41.5 Å². The molecule has 0 saturated carbocycles. The van der Waals surface area contributed by atoms with Crippen LogP contribution in [0.5, 0.6) is 5.75 Å². The fourth-order valence-electron chi connectivity index (χ4n) is 4.07. The van der Waals surface area contributed by atoms with Crippen LogP contribution >= 0.6 is 0 Å². The number of benzene rings is 2. The molecule has 2 aromatic carbocycles. The first kappa shape index (κ1) is 17.2. The van der Waals surface area contributed by atoms with Crippen molar-refractivity contribution in [3.8, 4) is 5.75 Å². The number of carbonyl (C=O) groups excluding carboxylic acids is 3. The number of nitrogens with two attached hydrogens (primary N) is 1. The normalized spacial score (nSPS) is 27.1. The van der Waals surface area contributed by atoms with Gasteiger partial charge in [0, 0.05) is 0 Å². The van der Waals surface area contributed by atoms with Gasteiger partial charge >= 0.3 is 0 Å². The fraction of sp³-hybridized carbons (Fsp3) is 0.211. The lowest BCUT2D eigenvalue weighted by Gasteiger charge is -2.21. The first-order valence-electron chi connectivity index (χ1n) is 8.37. The molecular weight excluding hydrogens is 355 g/mol. The maximum absolute atomic E-state index is 13.2. The molecule has 0 bridgehead atoms. The van der Waals surface area contributed by atoms with Crippen molar-refractivity contribution in [3.05, 3.63) is 59.9 Å². The summed E-state index contributed by atoms with van der Waals surface area (Å²) in [5, 5.41) is 23.1. The number of phenolic OH excluding ortho intramolecular Hbond substituents is 1. The van der Waals surface area contributed by atoms with Crippen LogP contribution in [0.15, 0.2) is 48.5 Å². The van der Waals surface area contributed by atoms with E-state index in [1.807, 2.05) is 0 Å². The Hall–Kier alpha value is -3.26. The number of quaternary nitrogens is 1. The molecule has 2 fully saturated rings. The Morgan fingerprint density at radius 1 is 1.04 bits per heavy atom. The third-order valence-corrected chi connectivity index (χ3v) is 5.24. The van der Waals surface area contributed by atoms with E-state index in [2.05, 4.69) is 0 Å². The van der Waals surface area contributed by atoms with Gasteiger partial charge in [-0.05, 0) is 36.4 Å². The van der Waals surface area contributed by atoms with E-state index < -0.39 is 47.5 Å². The molecule has 2 aliphatic rings. The van der Waals surface area contributed by atoms with Crippen LogP contribution in [0.25, 0.3) is 0 Å². The molecule has 2 amide bonds. The van der Waals surface area contributed by atoms with E-state index in [1.165, 1.54) is 23.5 Å². The quantitative estimate of drug-likeness (QED) is 0.678. The number of phenols is 1. The molecule has 8 heteroatoms. The van der Waals surface area contributed by atoms with Gasteiger partial charge in [0.25, 0.3) is 0 Å². The highest BCUT2D eigenvalue weighted by molar-refractivity contribution is 6.23. The number of aromatic hydroxyl groups is 1. The molecular formula is C19H15FN2O5. The van der Waals surface area contributed by atoms with Crippen LogP contribution in [0.1, 0.15) is 11.6 Å². The number of nitrogens with zero attached hydrogens (tertiary/aromatic N) is 1. The minimum absolute atomic E-state index is 0.0861. The zero-order valence-corrected chi connectivity index (χ0v) is 13.9. The molecule has 2 aliphatic heterocycles. The molecule has 2 saturated heterocycles. The molecule has 4 rings (SSSR count). The van der Waals surface area contributed by atoms with E-state index in [0.29, 0.717) is 5.56 Å². The number of fused-ring (bicyclic) bond motifs is 1. The maximum atomic E-state index is 13.2. The third-order valence-electron chi connectivity index (χ3n) is 5.24. The number of carboxylic acid groups (broad SMARTS) is 1. The van der Waals surface area contributed by atoms with Gasteiger partial charge in [-0.15, -0.1) is 0 Å². The molecule has 0 aliphatic carbocycles. The van der Waals surface area contributed by atoms with Crippen molar-refractivity contribution in [3.63, 3.8) is 0 Å². The smallest absolute Gasteiger partial charge is 0.244 e. The van der Waals surface area contributed by atoms with Gasteiger partial charge in [0.05, 0.1) is 11.3 Å². The number of para-hydroxylation sites is 1. The molecule has 0 aromatic heterocycles. The van der Waals surface area contributed by atoms with Crippen molar-refractivity contribution in [1.29, 1.82) is 0 Å². The van der Waals surface area contributed by atoms with Crippen molar-refractivity contribution in [1.82, 2.24) is 0 Å². The molecule has 4 atom stereocenters. The van der Waals surface area contributed by atoms with Crippen molar-refractivity contribution in [2.24, 2.45) is 11.8 Å². The fourth-order valence-corrected chi connectivity index (χ4v) is 4.07. The number of carbonyl (C=O) groups is 3. The Kier molecular flexibility index (Phi) is 3.92. The highest BCUT2D eigenvalue weighted by atomic mass is 19.1. The number of amides is 2. The lowest BCUT2D eigenvalue weighted by atomic mass is 9.86. The van der Waals surface area contributed by atoms with Crippen molar-refractivity contribution < 1.29 is 34.3 Å². The highest BCUT2D eigenvalue weighted by Crippen LogP contribution is 2.43. The van der Waals surface area contributed by atoms with Gasteiger partial charge in [-0.1, -0.05) is 12.1 Å². The summed E-state index contributed by atoms with van der Waals surface area (Å²) in [6.45, 7) is 0. The topological polar surface area (TPSA) is 114 Å². The molecule has 7 nitrogen and oxygen atoms in total. The second-order valence-corrected chi connectivity index (χ2v) is 6.66. The summed E-state index contributed by atoms with van der Waals surface area (Å²) in [5.74, 6) is -5.41. The summed E-state index contributed by atoms with van der Waals surface area (Å²) in [4.78, 5) is 38.4. The summed E-state index contributed by atoms with van der Waals surface area (Å²) in [7, 11) is 0. The summed E-state index contributed by atoms with van der Waals surface area (Å²) in [5.41, 5.74) is 0.548. The Bertz CT molecular complexity index is 945. The lowest BCUT2D eigenvalue weighted by Crippen LogP contribution is -2.92. The Labute approximate surface area is 153 Å². The first-order valence-corrected chi connectivity index (χ1v) is 8.37. The van der Waals surface area contributed by atoms with E-state index in [4.69, 9.17) is 0 Å². The van der Waals surface area contributed by atoms with Crippen molar-refractivity contribution in [2.45, 2.75) is 12.1 Å². The van der Waals surface area contributed by atoms with Gasteiger partial charge in [-0.2, -0.15) is 0 Å². The molecule has 2 aromatic rings. The Morgan fingerprint density at radius 3 is 2.30 bits per heavy atom. The number of aliphatic carboxylic acids is 1.